The molecule has 2 N–H and O–H groups in total. The molecule has 1 aliphatic rings. The van der Waals surface area contributed by atoms with Gasteiger partial charge in [-0.15, -0.1) is 0 Å². The van der Waals surface area contributed by atoms with Crippen LogP contribution in [-0.2, 0) is 17.6 Å². The Labute approximate surface area is 202 Å². The zero-order valence-corrected chi connectivity index (χ0v) is 19.3. The van der Waals surface area contributed by atoms with E-state index in [9.17, 15) is 9.90 Å². The fourth-order valence-electron chi connectivity index (χ4n) is 4.24. The van der Waals surface area contributed by atoms with Crippen molar-refractivity contribution in [1.29, 1.82) is 0 Å². The largest absolute Gasteiger partial charge is 0.481 e. The van der Waals surface area contributed by atoms with E-state index in [0.717, 1.165) is 36.5 Å². The number of ether oxygens (including phenoxy) is 2. The van der Waals surface area contributed by atoms with Crippen molar-refractivity contribution in [2.45, 2.75) is 31.7 Å². The van der Waals surface area contributed by atoms with Crippen molar-refractivity contribution in [3.63, 3.8) is 0 Å². The molecule has 35 heavy (non-hydrogen) atoms. The Morgan fingerprint density at radius 3 is 2.83 bits per heavy atom. The lowest BCUT2D eigenvalue weighted by Gasteiger charge is -2.17. The maximum atomic E-state index is 11.6. The van der Waals surface area contributed by atoms with Crippen LogP contribution in [0.2, 0.25) is 0 Å². The molecular weight excluding hydrogens is 448 g/mol. The van der Waals surface area contributed by atoms with E-state index < -0.39 is 12.0 Å². The molecule has 5 heterocycles. The van der Waals surface area contributed by atoms with Gasteiger partial charge in [0.1, 0.15) is 5.52 Å². The number of aromatic nitrogens is 5. The Morgan fingerprint density at radius 1 is 1.14 bits per heavy atom. The highest BCUT2D eigenvalue weighted by Gasteiger charge is 2.22. The quantitative estimate of drug-likeness (QED) is 0.376. The molecule has 0 aliphatic carbocycles. The molecule has 0 amide bonds. The summed E-state index contributed by atoms with van der Waals surface area (Å²) in [5.41, 5.74) is 5.28. The van der Waals surface area contributed by atoms with Gasteiger partial charge < -0.3 is 19.9 Å². The van der Waals surface area contributed by atoms with E-state index in [2.05, 4.69) is 26.4 Å². The van der Waals surface area contributed by atoms with Crippen LogP contribution in [0.3, 0.4) is 0 Å². The summed E-state index contributed by atoms with van der Waals surface area (Å²) in [4.78, 5) is 25.1. The van der Waals surface area contributed by atoms with Crippen molar-refractivity contribution < 1.29 is 19.4 Å². The van der Waals surface area contributed by atoms with Gasteiger partial charge in [0, 0.05) is 37.0 Å². The molecular formula is C25H26N6O4. The first-order valence-corrected chi connectivity index (χ1v) is 11.5. The van der Waals surface area contributed by atoms with Crippen molar-refractivity contribution in [2.24, 2.45) is 0 Å². The number of rotatable bonds is 9. The first kappa shape index (κ1) is 22.6. The highest BCUT2D eigenvalue weighted by Crippen LogP contribution is 2.27. The van der Waals surface area contributed by atoms with Crippen molar-refractivity contribution >= 4 is 22.7 Å². The third-order valence-corrected chi connectivity index (χ3v) is 5.99. The van der Waals surface area contributed by atoms with Crippen LogP contribution < -0.4 is 14.8 Å². The van der Waals surface area contributed by atoms with Crippen molar-refractivity contribution in [3.8, 4) is 11.8 Å². The Hall–Kier alpha value is -4.21. The topological polar surface area (TPSA) is 124 Å². The smallest absolute Gasteiger partial charge is 0.305 e. The van der Waals surface area contributed by atoms with E-state index in [1.807, 2.05) is 12.1 Å². The summed E-state index contributed by atoms with van der Waals surface area (Å²) in [6.07, 6.45) is 5.85. The fourth-order valence-corrected chi connectivity index (χ4v) is 4.24. The predicted molar refractivity (Wildman–Crippen MR) is 129 cm³/mol. The van der Waals surface area contributed by atoms with Gasteiger partial charge in [-0.2, -0.15) is 5.10 Å². The van der Waals surface area contributed by atoms with Crippen molar-refractivity contribution in [2.75, 3.05) is 25.6 Å². The number of carboxylic acids is 1. The molecule has 10 nitrogen and oxygen atoms in total. The van der Waals surface area contributed by atoms with E-state index in [1.165, 1.54) is 7.11 Å². The van der Waals surface area contributed by atoms with Crippen LogP contribution in [0, 0.1) is 0 Å². The van der Waals surface area contributed by atoms with Gasteiger partial charge in [0.05, 0.1) is 49.3 Å². The number of aryl methyl sites for hydroxylation is 1. The van der Waals surface area contributed by atoms with Gasteiger partial charge >= 0.3 is 5.97 Å². The first-order chi connectivity index (χ1) is 17.1. The van der Waals surface area contributed by atoms with E-state index in [4.69, 9.17) is 14.5 Å². The minimum absolute atomic E-state index is 0.146. The molecule has 0 aromatic carbocycles. The minimum Gasteiger partial charge on any atom is -0.481 e. The van der Waals surface area contributed by atoms with Gasteiger partial charge in [0.2, 0.25) is 11.8 Å². The van der Waals surface area contributed by atoms with Gasteiger partial charge in [-0.25, -0.2) is 9.97 Å². The highest BCUT2D eigenvalue weighted by atomic mass is 16.5. The van der Waals surface area contributed by atoms with Crippen molar-refractivity contribution in [1.82, 2.24) is 24.7 Å². The number of pyridine rings is 3. The Bertz CT molecular complexity index is 1340. The third kappa shape index (κ3) is 5.01. The Morgan fingerprint density at radius 2 is 2.03 bits per heavy atom. The average Bonchev–Trinajstić information content (AvgIpc) is 3.30. The first-order valence-electron chi connectivity index (χ1n) is 11.5. The second-order valence-corrected chi connectivity index (χ2v) is 8.32. The van der Waals surface area contributed by atoms with Gasteiger partial charge in [0.25, 0.3) is 0 Å². The molecule has 180 valence electrons. The van der Waals surface area contributed by atoms with E-state index in [1.54, 1.807) is 35.3 Å². The molecule has 0 fully saturated rings. The standard InChI is InChI=1S/C25H26N6O4/c1-34-23-8-4-16(14-27-23)22(13-25(32)33)31-21-7-9-24(30-20(21)15-28-31)35-12-10-17-5-6-18-19(29-17)3-2-11-26-18/h4-9,14-15,22,26H,2-3,10-13H2,1H3,(H,32,33). The molecule has 4 aromatic heterocycles. The van der Waals surface area contributed by atoms with Gasteiger partial charge in [-0.1, -0.05) is 0 Å². The monoisotopic (exact) mass is 474 g/mol. The number of hydrogen-bond donors (Lipinski definition) is 2. The third-order valence-electron chi connectivity index (χ3n) is 5.99. The lowest BCUT2D eigenvalue weighted by atomic mass is 10.1. The molecule has 0 saturated heterocycles. The number of methoxy groups -OCH3 is 1. The summed E-state index contributed by atoms with van der Waals surface area (Å²) in [6, 6.07) is 10.7. The molecule has 0 bridgehead atoms. The molecule has 4 aromatic rings. The molecule has 10 heteroatoms. The summed E-state index contributed by atoms with van der Waals surface area (Å²) in [5.74, 6) is 0.00499. The molecule has 0 saturated carbocycles. The minimum atomic E-state index is -0.936. The second kappa shape index (κ2) is 9.96. The van der Waals surface area contributed by atoms with E-state index in [-0.39, 0.29) is 6.42 Å². The number of carbonyl (C=O) groups is 1. The summed E-state index contributed by atoms with van der Waals surface area (Å²) in [7, 11) is 1.53. The van der Waals surface area contributed by atoms with Gasteiger partial charge in [0.15, 0.2) is 0 Å². The molecule has 0 spiro atoms. The van der Waals surface area contributed by atoms with Crippen molar-refractivity contribution in [3.05, 3.63) is 65.7 Å². The zero-order chi connectivity index (χ0) is 24.2. The summed E-state index contributed by atoms with van der Waals surface area (Å²) in [6.45, 7) is 1.45. The van der Waals surface area contributed by atoms with Crippen LogP contribution >= 0.6 is 0 Å². The summed E-state index contributed by atoms with van der Waals surface area (Å²) in [5, 5.41) is 17.3. The van der Waals surface area contributed by atoms with Crippen LogP contribution in [0.5, 0.6) is 11.8 Å². The highest BCUT2D eigenvalue weighted by molar-refractivity contribution is 5.76. The summed E-state index contributed by atoms with van der Waals surface area (Å²) >= 11 is 0. The zero-order valence-electron chi connectivity index (χ0n) is 19.3. The number of carboxylic acid groups (broad SMARTS) is 1. The maximum absolute atomic E-state index is 11.6. The molecule has 1 unspecified atom stereocenters. The predicted octanol–water partition coefficient (Wildman–Crippen LogP) is 3.27. The van der Waals surface area contributed by atoms with Crippen LogP contribution in [-0.4, -0.2) is 56.1 Å². The average molecular weight is 475 g/mol. The molecule has 0 radical (unpaired) electrons. The number of nitrogens with zero attached hydrogens (tertiary/aromatic N) is 5. The van der Waals surface area contributed by atoms with Gasteiger partial charge in [-0.3, -0.25) is 14.5 Å². The lowest BCUT2D eigenvalue weighted by Crippen LogP contribution is -2.16. The van der Waals surface area contributed by atoms with E-state index >= 15 is 0 Å². The maximum Gasteiger partial charge on any atom is 0.305 e. The van der Waals surface area contributed by atoms with Crippen LogP contribution in [0.4, 0.5) is 5.69 Å². The second-order valence-electron chi connectivity index (χ2n) is 8.32. The number of anilines is 1. The van der Waals surface area contributed by atoms with Crippen LogP contribution in [0.25, 0.3) is 11.0 Å². The summed E-state index contributed by atoms with van der Waals surface area (Å²) < 4.78 is 12.7. The number of fused-ring (bicyclic) bond motifs is 2. The molecule has 1 aliphatic heterocycles. The van der Waals surface area contributed by atoms with E-state index in [0.29, 0.717) is 41.4 Å². The number of aliphatic carboxylic acids is 1. The molecule has 5 rings (SSSR count). The van der Waals surface area contributed by atoms with Gasteiger partial charge in [-0.05, 0) is 42.7 Å². The van der Waals surface area contributed by atoms with Crippen LogP contribution in [0.1, 0.15) is 35.8 Å². The Balaban J connectivity index is 1.30. The van der Waals surface area contributed by atoms with Crippen LogP contribution in [0.15, 0.2) is 48.8 Å². The molecule has 1 atom stereocenters. The normalized spacial score (nSPS) is 13.6. The fraction of sp³-hybridized carbons (Fsp3) is 0.320. The lowest BCUT2D eigenvalue weighted by molar-refractivity contribution is -0.137. The Kier molecular flexibility index (Phi) is 6.42. The number of hydrogen-bond acceptors (Lipinski definition) is 8. The SMILES string of the molecule is COc1ccc(C(CC(=O)O)n2ncc3nc(OCCc4ccc5c(n4)CCCN5)ccc32)cn1. The number of nitrogens with one attached hydrogen (secondary N) is 1.